The number of hydrogen-bond acceptors (Lipinski definition) is 4. The summed E-state index contributed by atoms with van der Waals surface area (Å²) in [6.07, 6.45) is 2.14. The molecule has 1 amide bonds. The van der Waals surface area contributed by atoms with E-state index < -0.39 is 0 Å². The average molecular weight is 216 g/mol. The highest BCUT2D eigenvalue weighted by Crippen LogP contribution is 2.12. The number of ether oxygens (including phenoxy) is 2. The number of nitrogens with two attached hydrogens (primary N) is 1. The van der Waals surface area contributed by atoms with Gasteiger partial charge in [-0.15, -0.1) is 0 Å². The second-order valence-corrected chi connectivity index (χ2v) is 3.66. The number of methoxy groups -OCH3 is 1. The minimum Gasteiger partial charge on any atom is -0.381 e. The van der Waals surface area contributed by atoms with Crippen LogP contribution in [0.4, 0.5) is 0 Å². The number of rotatable bonds is 5. The molecule has 15 heavy (non-hydrogen) atoms. The summed E-state index contributed by atoms with van der Waals surface area (Å²) in [5.74, 6) is 0.0537. The van der Waals surface area contributed by atoms with E-state index in [2.05, 4.69) is 0 Å². The molecule has 1 saturated heterocycles. The van der Waals surface area contributed by atoms with Crippen molar-refractivity contribution >= 4 is 5.91 Å². The Hall–Kier alpha value is -0.650. The Kier molecular flexibility index (Phi) is 5.60. The second-order valence-electron chi connectivity index (χ2n) is 3.66. The predicted octanol–water partition coefficient (Wildman–Crippen LogP) is -0.401. The molecule has 1 aliphatic rings. The number of likely N-dealkylation sites (tertiary alicyclic amines) is 1. The first-order chi connectivity index (χ1) is 7.27. The number of carbonyl (C=O) groups is 1. The van der Waals surface area contributed by atoms with Gasteiger partial charge in [0.05, 0.1) is 12.7 Å². The van der Waals surface area contributed by atoms with Gasteiger partial charge in [0.15, 0.2) is 0 Å². The lowest BCUT2D eigenvalue weighted by atomic mass is 10.1. The fourth-order valence-corrected chi connectivity index (χ4v) is 1.68. The largest absolute Gasteiger partial charge is 0.381 e. The molecule has 0 atom stereocenters. The van der Waals surface area contributed by atoms with Gasteiger partial charge in [0.25, 0.3) is 0 Å². The lowest BCUT2D eigenvalue weighted by Crippen LogP contribution is -2.42. The van der Waals surface area contributed by atoms with Gasteiger partial charge in [-0.3, -0.25) is 4.79 Å². The zero-order chi connectivity index (χ0) is 11.1. The lowest BCUT2D eigenvalue weighted by molar-refractivity contribution is -0.138. The first kappa shape index (κ1) is 12.4. The molecule has 0 aromatic rings. The molecular weight excluding hydrogens is 196 g/mol. The summed E-state index contributed by atoms with van der Waals surface area (Å²) in [6.45, 7) is 2.58. The molecule has 1 fully saturated rings. The van der Waals surface area contributed by atoms with Crippen molar-refractivity contribution in [2.75, 3.05) is 40.0 Å². The molecule has 0 aromatic heterocycles. The third-order valence-electron chi connectivity index (χ3n) is 2.62. The molecule has 1 rings (SSSR count). The van der Waals surface area contributed by atoms with Crippen LogP contribution in [0, 0.1) is 0 Å². The van der Waals surface area contributed by atoms with Crippen LogP contribution in [0.1, 0.15) is 12.8 Å². The smallest absolute Gasteiger partial charge is 0.248 e. The Morgan fingerprint density at radius 1 is 1.47 bits per heavy atom. The number of amides is 1. The molecule has 0 bridgehead atoms. The van der Waals surface area contributed by atoms with E-state index in [9.17, 15) is 4.79 Å². The topological polar surface area (TPSA) is 64.8 Å². The summed E-state index contributed by atoms with van der Waals surface area (Å²) in [4.78, 5) is 13.4. The number of carbonyl (C=O) groups excluding carboxylic acids is 1. The summed E-state index contributed by atoms with van der Waals surface area (Å²) in [7, 11) is 1.71. The second kappa shape index (κ2) is 6.76. The van der Waals surface area contributed by atoms with Crippen molar-refractivity contribution in [1.82, 2.24) is 4.90 Å². The van der Waals surface area contributed by atoms with Crippen LogP contribution >= 0.6 is 0 Å². The molecule has 0 saturated carbocycles. The van der Waals surface area contributed by atoms with Crippen molar-refractivity contribution < 1.29 is 14.3 Å². The van der Waals surface area contributed by atoms with Gasteiger partial charge in [0.1, 0.15) is 6.61 Å². The fourth-order valence-electron chi connectivity index (χ4n) is 1.68. The Labute approximate surface area is 90.5 Å². The molecular formula is C10H20N2O3. The van der Waals surface area contributed by atoms with Crippen molar-refractivity contribution in [3.63, 3.8) is 0 Å². The molecule has 5 nitrogen and oxygen atoms in total. The van der Waals surface area contributed by atoms with Crippen molar-refractivity contribution in [3.8, 4) is 0 Å². The fraction of sp³-hybridized carbons (Fsp3) is 0.900. The van der Waals surface area contributed by atoms with Crippen LogP contribution in [0.5, 0.6) is 0 Å². The zero-order valence-electron chi connectivity index (χ0n) is 9.28. The first-order valence-corrected chi connectivity index (χ1v) is 5.36. The Morgan fingerprint density at radius 2 is 2.13 bits per heavy atom. The van der Waals surface area contributed by atoms with Gasteiger partial charge in [-0.1, -0.05) is 0 Å². The molecule has 0 unspecified atom stereocenters. The molecule has 88 valence electrons. The Morgan fingerprint density at radius 3 is 2.67 bits per heavy atom. The normalized spacial score (nSPS) is 18.1. The van der Waals surface area contributed by atoms with E-state index in [-0.39, 0.29) is 12.5 Å². The van der Waals surface area contributed by atoms with Crippen LogP contribution in [-0.4, -0.2) is 56.9 Å². The van der Waals surface area contributed by atoms with Crippen molar-refractivity contribution in [2.24, 2.45) is 5.73 Å². The molecule has 1 aliphatic heterocycles. The van der Waals surface area contributed by atoms with Crippen LogP contribution < -0.4 is 5.73 Å². The summed E-state index contributed by atoms with van der Waals surface area (Å²) in [5, 5.41) is 0. The molecule has 0 aliphatic carbocycles. The van der Waals surface area contributed by atoms with Gasteiger partial charge in [0.2, 0.25) is 5.91 Å². The summed E-state index contributed by atoms with van der Waals surface area (Å²) >= 11 is 0. The summed E-state index contributed by atoms with van der Waals surface area (Å²) in [6, 6.07) is 0. The quantitative estimate of drug-likeness (QED) is 0.635. The Bertz CT molecular complexity index is 191. The van der Waals surface area contributed by atoms with Crippen LogP contribution in [0.2, 0.25) is 0 Å². The minimum absolute atomic E-state index is 0.0537. The standard InChI is InChI=1S/C10H20N2O3/c1-14-9-2-5-12(6-3-9)10(13)8-15-7-4-11/h9H,2-8,11H2,1H3. The number of nitrogens with zero attached hydrogens (tertiary/aromatic N) is 1. The number of piperidine rings is 1. The highest BCUT2D eigenvalue weighted by Gasteiger charge is 2.22. The van der Waals surface area contributed by atoms with Crippen molar-refractivity contribution in [2.45, 2.75) is 18.9 Å². The Balaban J connectivity index is 2.18. The van der Waals surface area contributed by atoms with Gasteiger partial charge >= 0.3 is 0 Å². The molecule has 5 heteroatoms. The third kappa shape index (κ3) is 4.15. The monoisotopic (exact) mass is 216 g/mol. The predicted molar refractivity (Wildman–Crippen MR) is 56.5 cm³/mol. The average Bonchev–Trinajstić information content (AvgIpc) is 2.29. The molecule has 0 aromatic carbocycles. The van der Waals surface area contributed by atoms with E-state index in [1.807, 2.05) is 4.90 Å². The van der Waals surface area contributed by atoms with Crippen molar-refractivity contribution in [1.29, 1.82) is 0 Å². The van der Waals surface area contributed by atoms with Crippen LogP contribution in [-0.2, 0) is 14.3 Å². The molecule has 2 N–H and O–H groups in total. The van der Waals surface area contributed by atoms with Gasteiger partial charge in [-0.05, 0) is 12.8 Å². The van der Waals surface area contributed by atoms with Crippen LogP contribution in [0.15, 0.2) is 0 Å². The lowest BCUT2D eigenvalue weighted by Gasteiger charge is -2.31. The number of hydrogen-bond donors (Lipinski definition) is 1. The zero-order valence-corrected chi connectivity index (χ0v) is 9.28. The van der Waals surface area contributed by atoms with Crippen LogP contribution in [0.3, 0.4) is 0 Å². The summed E-state index contributed by atoms with van der Waals surface area (Å²) < 4.78 is 10.3. The third-order valence-corrected chi connectivity index (χ3v) is 2.62. The summed E-state index contributed by atoms with van der Waals surface area (Å²) in [5.41, 5.74) is 5.26. The van der Waals surface area contributed by atoms with E-state index in [1.165, 1.54) is 0 Å². The highest BCUT2D eigenvalue weighted by atomic mass is 16.5. The first-order valence-electron chi connectivity index (χ1n) is 5.36. The van der Waals surface area contributed by atoms with Gasteiger partial charge < -0.3 is 20.1 Å². The maximum atomic E-state index is 11.6. The van der Waals surface area contributed by atoms with E-state index in [1.54, 1.807) is 7.11 Å². The maximum Gasteiger partial charge on any atom is 0.248 e. The molecule has 0 radical (unpaired) electrons. The van der Waals surface area contributed by atoms with Crippen LogP contribution in [0.25, 0.3) is 0 Å². The molecule has 1 heterocycles. The SMILES string of the molecule is COC1CCN(C(=O)COCCN)CC1. The van der Waals surface area contributed by atoms with Gasteiger partial charge in [-0.2, -0.15) is 0 Å². The van der Waals surface area contributed by atoms with E-state index in [0.717, 1.165) is 25.9 Å². The van der Waals surface area contributed by atoms with E-state index in [0.29, 0.717) is 19.3 Å². The van der Waals surface area contributed by atoms with Gasteiger partial charge in [-0.25, -0.2) is 0 Å². The van der Waals surface area contributed by atoms with E-state index in [4.69, 9.17) is 15.2 Å². The van der Waals surface area contributed by atoms with E-state index >= 15 is 0 Å². The highest BCUT2D eigenvalue weighted by molar-refractivity contribution is 5.77. The van der Waals surface area contributed by atoms with Crippen molar-refractivity contribution in [3.05, 3.63) is 0 Å². The van der Waals surface area contributed by atoms with Gasteiger partial charge in [0, 0.05) is 26.7 Å². The minimum atomic E-state index is 0.0537. The molecule has 0 spiro atoms. The maximum absolute atomic E-state index is 11.6.